The molecule has 0 atom stereocenters. The number of hydrogen-bond donors (Lipinski definition) is 4. The summed E-state index contributed by atoms with van der Waals surface area (Å²) in [6, 6.07) is 22.6. The Morgan fingerprint density at radius 2 is 1.74 bits per heavy atom. The summed E-state index contributed by atoms with van der Waals surface area (Å²) in [6.07, 6.45) is 4.91. The number of nitrogens with one attached hydrogen (secondary N) is 2. The van der Waals surface area contributed by atoms with E-state index in [1.54, 1.807) is 23.6 Å². The molecule has 6 nitrogen and oxygen atoms in total. The van der Waals surface area contributed by atoms with Crippen molar-refractivity contribution in [3.05, 3.63) is 113 Å². The van der Waals surface area contributed by atoms with Crippen LogP contribution in [0.4, 0.5) is 10.5 Å². The average molecular weight is 542 g/mol. The summed E-state index contributed by atoms with van der Waals surface area (Å²) in [5.74, 6) is -0.233. The SMILES string of the molecule is C=C(Nc1ccc(C(=O)NC(/C=C\S)=C(/C)CCCCC)cc1OC(N)=O)c1ccccc1-c1ccccc1. The number of rotatable bonds is 12. The van der Waals surface area contributed by atoms with Crippen molar-refractivity contribution in [3.8, 4) is 16.9 Å². The number of amides is 2. The summed E-state index contributed by atoms with van der Waals surface area (Å²) in [5, 5.41) is 7.77. The molecule has 0 saturated heterocycles. The Hall–Kier alpha value is -4.23. The van der Waals surface area contributed by atoms with Gasteiger partial charge in [0.1, 0.15) is 0 Å². The first-order valence-corrected chi connectivity index (χ1v) is 13.4. The molecule has 0 aliphatic heterocycles. The third-order valence-electron chi connectivity index (χ3n) is 6.18. The van der Waals surface area contributed by atoms with E-state index in [1.165, 1.54) is 6.07 Å². The van der Waals surface area contributed by atoms with E-state index < -0.39 is 6.09 Å². The number of hydrogen-bond acceptors (Lipinski definition) is 5. The van der Waals surface area contributed by atoms with Crippen LogP contribution in [-0.4, -0.2) is 12.0 Å². The summed E-state index contributed by atoms with van der Waals surface area (Å²) < 4.78 is 5.27. The van der Waals surface area contributed by atoms with Crippen LogP contribution < -0.4 is 21.1 Å². The van der Waals surface area contributed by atoms with Gasteiger partial charge in [-0.2, -0.15) is 12.6 Å². The third kappa shape index (κ3) is 8.38. The largest absolute Gasteiger partial charge is 0.410 e. The Kier molecular flexibility index (Phi) is 11.0. The zero-order chi connectivity index (χ0) is 28.2. The van der Waals surface area contributed by atoms with E-state index in [-0.39, 0.29) is 11.7 Å². The van der Waals surface area contributed by atoms with Gasteiger partial charge < -0.3 is 21.1 Å². The Bertz CT molecular complexity index is 1380. The standard InChI is InChI=1S/C32H35N3O3S/c1-4-5-7-12-22(2)28(19-20-39)35-31(36)25-17-18-29(30(21-25)38-32(33)37)34-23(3)26-15-10-11-16-27(26)24-13-8-6-9-14-24/h6,8-11,13-21,34,39H,3-5,7,12H2,1-2H3,(H2,33,37)(H,35,36)/b20-19-,28-22-. The molecule has 3 rings (SSSR count). The molecule has 0 fully saturated rings. The molecule has 0 bridgehead atoms. The molecule has 7 heteroatoms. The van der Waals surface area contributed by atoms with Crippen LogP contribution in [0.2, 0.25) is 0 Å². The molecule has 0 saturated carbocycles. The van der Waals surface area contributed by atoms with Gasteiger partial charge in [-0.05, 0) is 66.1 Å². The lowest BCUT2D eigenvalue weighted by Gasteiger charge is -2.17. The van der Waals surface area contributed by atoms with Gasteiger partial charge in [0.05, 0.1) is 5.69 Å². The van der Waals surface area contributed by atoms with Crippen LogP contribution in [-0.2, 0) is 0 Å². The fraction of sp³-hybridized carbons (Fsp3) is 0.188. The van der Waals surface area contributed by atoms with Gasteiger partial charge in [0.15, 0.2) is 5.75 Å². The first kappa shape index (κ1) is 29.3. The molecule has 0 radical (unpaired) electrons. The third-order valence-corrected chi connectivity index (χ3v) is 6.33. The first-order chi connectivity index (χ1) is 18.8. The summed E-state index contributed by atoms with van der Waals surface area (Å²) in [5.41, 5.74) is 11.3. The highest BCUT2D eigenvalue weighted by atomic mass is 32.1. The zero-order valence-electron chi connectivity index (χ0n) is 22.4. The number of thiol groups is 1. The highest BCUT2D eigenvalue weighted by Gasteiger charge is 2.16. The van der Waals surface area contributed by atoms with E-state index in [0.717, 1.165) is 47.9 Å². The number of primary amides is 1. The minimum Gasteiger partial charge on any atom is -0.408 e. The Labute approximate surface area is 236 Å². The second kappa shape index (κ2) is 14.6. The maximum absolute atomic E-state index is 13.1. The molecule has 39 heavy (non-hydrogen) atoms. The molecular formula is C32H35N3O3S. The number of allylic oxidation sites excluding steroid dienone is 2. The summed E-state index contributed by atoms with van der Waals surface area (Å²) >= 11 is 4.18. The van der Waals surface area contributed by atoms with Gasteiger partial charge in [-0.1, -0.05) is 80.9 Å². The predicted molar refractivity (Wildman–Crippen MR) is 164 cm³/mol. The van der Waals surface area contributed by atoms with Crippen LogP contribution in [0.5, 0.6) is 5.75 Å². The average Bonchev–Trinajstić information content (AvgIpc) is 2.94. The molecule has 0 aliphatic rings. The molecule has 202 valence electrons. The molecule has 3 aromatic rings. The Balaban J connectivity index is 1.87. The maximum atomic E-state index is 13.1. The molecule has 0 aromatic heterocycles. The van der Waals surface area contributed by atoms with Gasteiger partial charge >= 0.3 is 6.09 Å². The number of unbranched alkanes of at least 4 members (excludes halogenated alkanes) is 2. The Morgan fingerprint density at radius 3 is 2.44 bits per heavy atom. The van der Waals surface area contributed by atoms with E-state index in [4.69, 9.17) is 10.5 Å². The van der Waals surface area contributed by atoms with E-state index in [0.29, 0.717) is 22.6 Å². The zero-order valence-corrected chi connectivity index (χ0v) is 23.3. The van der Waals surface area contributed by atoms with Crippen LogP contribution in [0.3, 0.4) is 0 Å². The second-order valence-electron chi connectivity index (χ2n) is 9.07. The van der Waals surface area contributed by atoms with E-state index in [2.05, 4.69) is 36.8 Å². The minimum atomic E-state index is -0.990. The van der Waals surface area contributed by atoms with E-state index in [1.807, 2.05) is 61.5 Å². The quantitative estimate of drug-likeness (QED) is 0.106. The number of anilines is 1. The lowest BCUT2D eigenvalue weighted by atomic mass is 9.98. The topological polar surface area (TPSA) is 93.4 Å². The first-order valence-electron chi connectivity index (χ1n) is 12.9. The van der Waals surface area contributed by atoms with Crippen molar-refractivity contribution in [1.82, 2.24) is 5.32 Å². The lowest BCUT2D eigenvalue weighted by molar-refractivity contribution is 0.0966. The van der Waals surface area contributed by atoms with Gasteiger partial charge in [0.2, 0.25) is 0 Å². The highest BCUT2D eigenvalue weighted by molar-refractivity contribution is 7.83. The van der Waals surface area contributed by atoms with Crippen molar-refractivity contribution in [1.29, 1.82) is 0 Å². The normalized spacial score (nSPS) is 11.6. The summed E-state index contributed by atoms with van der Waals surface area (Å²) in [7, 11) is 0. The number of benzene rings is 3. The molecule has 2 amide bonds. The van der Waals surface area contributed by atoms with Crippen molar-refractivity contribution in [2.45, 2.75) is 39.5 Å². The van der Waals surface area contributed by atoms with Gasteiger partial charge in [-0.15, -0.1) is 0 Å². The van der Waals surface area contributed by atoms with Crippen LogP contribution in [0.15, 0.2) is 102 Å². The van der Waals surface area contributed by atoms with Crippen molar-refractivity contribution in [3.63, 3.8) is 0 Å². The summed E-state index contributed by atoms with van der Waals surface area (Å²) in [4.78, 5) is 24.8. The molecule has 4 N–H and O–H groups in total. The van der Waals surface area contributed by atoms with Crippen LogP contribution in [0, 0.1) is 0 Å². The fourth-order valence-electron chi connectivity index (χ4n) is 4.14. The van der Waals surface area contributed by atoms with Crippen LogP contribution >= 0.6 is 12.6 Å². The predicted octanol–water partition coefficient (Wildman–Crippen LogP) is 7.92. The molecule has 0 unspecified atom stereocenters. The van der Waals surface area contributed by atoms with Crippen molar-refractivity contribution >= 4 is 36.0 Å². The Morgan fingerprint density at radius 1 is 1.03 bits per heavy atom. The van der Waals surface area contributed by atoms with Gasteiger partial charge in [0, 0.05) is 22.5 Å². The van der Waals surface area contributed by atoms with Crippen LogP contribution in [0.25, 0.3) is 16.8 Å². The van der Waals surface area contributed by atoms with Crippen molar-refractivity contribution in [2.24, 2.45) is 5.73 Å². The van der Waals surface area contributed by atoms with Gasteiger partial charge in [-0.3, -0.25) is 4.79 Å². The van der Waals surface area contributed by atoms with Gasteiger partial charge in [-0.25, -0.2) is 4.79 Å². The van der Waals surface area contributed by atoms with Crippen LogP contribution in [0.1, 0.15) is 55.5 Å². The number of carbonyl (C=O) groups is 2. The van der Waals surface area contributed by atoms with E-state index in [9.17, 15) is 9.59 Å². The highest BCUT2D eigenvalue weighted by Crippen LogP contribution is 2.33. The second-order valence-corrected chi connectivity index (χ2v) is 9.37. The van der Waals surface area contributed by atoms with Crippen molar-refractivity contribution < 1.29 is 14.3 Å². The molecule has 0 spiro atoms. The minimum absolute atomic E-state index is 0.114. The fourth-order valence-corrected chi connectivity index (χ4v) is 4.29. The molecule has 3 aromatic carbocycles. The monoisotopic (exact) mass is 541 g/mol. The summed E-state index contributed by atoms with van der Waals surface area (Å²) in [6.45, 7) is 8.35. The lowest BCUT2D eigenvalue weighted by Crippen LogP contribution is -2.23. The maximum Gasteiger partial charge on any atom is 0.410 e. The van der Waals surface area contributed by atoms with E-state index >= 15 is 0 Å². The number of ether oxygens (including phenoxy) is 1. The van der Waals surface area contributed by atoms with Gasteiger partial charge in [0.25, 0.3) is 5.91 Å². The van der Waals surface area contributed by atoms with Crippen molar-refractivity contribution in [2.75, 3.05) is 5.32 Å². The smallest absolute Gasteiger partial charge is 0.408 e. The molecule has 0 aliphatic carbocycles. The number of nitrogens with two attached hydrogens (primary N) is 1. The molecule has 0 heterocycles. The molecular weight excluding hydrogens is 506 g/mol. The number of carbonyl (C=O) groups excluding carboxylic acids is 2.